The molecule has 0 bridgehead atoms. The third-order valence-electron chi connectivity index (χ3n) is 5.77. The Kier molecular flexibility index (Phi) is 5.10. The maximum Gasteiger partial charge on any atom is 0.416 e. The van der Waals surface area contributed by atoms with Gasteiger partial charge in [0.25, 0.3) is 0 Å². The van der Waals surface area contributed by atoms with E-state index in [1.807, 2.05) is 60.7 Å². The lowest BCUT2D eigenvalue weighted by Gasteiger charge is -2.24. The topological polar surface area (TPSA) is 87.7 Å². The van der Waals surface area contributed by atoms with Crippen LogP contribution >= 0.6 is 0 Å². The number of benzene rings is 3. The van der Waals surface area contributed by atoms with E-state index >= 15 is 0 Å². The number of rotatable bonds is 3. The summed E-state index contributed by atoms with van der Waals surface area (Å²) in [5, 5.41) is 16.9. The fraction of sp³-hybridized carbons (Fsp3) is 0.0769. The van der Waals surface area contributed by atoms with Gasteiger partial charge in [0, 0.05) is 5.56 Å². The fourth-order valence-electron chi connectivity index (χ4n) is 4.15. The summed E-state index contributed by atoms with van der Waals surface area (Å²) in [4.78, 5) is 0. The van der Waals surface area contributed by atoms with Gasteiger partial charge in [-0.3, -0.25) is 5.10 Å². The summed E-state index contributed by atoms with van der Waals surface area (Å²) in [6.45, 7) is 0. The van der Waals surface area contributed by atoms with E-state index in [9.17, 15) is 18.4 Å². The summed E-state index contributed by atoms with van der Waals surface area (Å²) >= 11 is 0. The average molecular weight is 458 g/mol. The molecule has 1 atom stereocenters. The standard InChI is InChI=1S/C26H17F3N4O/c27-26(28,29)19-8-4-7-18(13-19)21-20(14-30)24(31)34-25-22(21)23(32-33-25)17-11-9-16(10-12-17)15-5-2-1-3-6-15/h1-13,21H,31H2,(H,32,33). The van der Waals surface area contributed by atoms with E-state index in [4.69, 9.17) is 10.5 Å². The highest BCUT2D eigenvalue weighted by molar-refractivity contribution is 5.74. The van der Waals surface area contributed by atoms with E-state index < -0.39 is 17.7 Å². The number of ether oxygens (including phenoxy) is 1. The molecular formula is C26H17F3N4O. The molecule has 3 N–H and O–H groups in total. The average Bonchev–Trinajstić information content (AvgIpc) is 3.26. The highest BCUT2D eigenvalue weighted by atomic mass is 19.4. The number of H-pyrrole nitrogens is 1. The molecule has 0 spiro atoms. The van der Waals surface area contributed by atoms with Crippen LogP contribution in [0.4, 0.5) is 13.2 Å². The molecule has 2 heterocycles. The summed E-state index contributed by atoms with van der Waals surface area (Å²) in [6, 6.07) is 24.4. The van der Waals surface area contributed by atoms with Gasteiger partial charge in [-0.1, -0.05) is 72.8 Å². The van der Waals surface area contributed by atoms with Crippen LogP contribution < -0.4 is 10.5 Å². The van der Waals surface area contributed by atoms with Gasteiger partial charge in [-0.2, -0.15) is 18.4 Å². The predicted molar refractivity (Wildman–Crippen MR) is 120 cm³/mol. The van der Waals surface area contributed by atoms with Crippen LogP contribution in [0.5, 0.6) is 5.88 Å². The molecule has 0 saturated heterocycles. The Balaban J connectivity index is 1.63. The lowest BCUT2D eigenvalue weighted by atomic mass is 9.82. The Morgan fingerprint density at radius 1 is 0.912 bits per heavy atom. The number of hydrogen-bond acceptors (Lipinski definition) is 4. The first-order valence-corrected chi connectivity index (χ1v) is 10.4. The van der Waals surface area contributed by atoms with Crippen molar-refractivity contribution in [1.82, 2.24) is 10.2 Å². The molecule has 8 heteroatoms. The van der Waals surface area contributed by atoms with E-state index in [1.54, 1.807) is 0 Å². The quantitative estimate of drug-likeness (QED) is 0.395. The van der Waals surface area contributed by atoms with Gasteiger partial charge < -0.3 is 10.5 Å². The zero-order valence-corrected chi connectivity index (χ0v) is 17.6. The summed E-state index contributed by atoms with van der Waals surface area (Å²) in [7, 11) is 0. The van der Waals surface area contributed by atoms with E-state index in [0.717, 1.165) is 28.8 Å². The smallest absolute Gasteiger partial charge is 0.416 e. The molecule has 0 aliphatic carbocycles. The van der Waals surface area contributed by atoms with Crippen LogP contribution in [0.2, 0.25) is 0 Å². The normalized spacial score (nSPS) is 15.4. The molecule has 0 radical (unpaired) electrons. The van der Waals surface area contributed by atoms with Crippen molar-refractivity contribution >= 4 is 0 Å². The molecule has 34 heavy (non-hydrogen) atoms. The van der Waals surface area contributed by atoms with Crippen LogP contribution in [-0.2, 0) is 6.18 Å². The van der Waals surface area contributed by atoms with Crippen molar-refractivity contribution in [3.63, 3.8) is 0 Å². The number of halogens is 3. The lowest BCUT2D eigenvalue weighted by molar-refractivity contribution is -0.137. The highest BCUT2D eigenvalue weighted by Gasteiger charge is 2.37. The largest absolute Gasteiger partial charge is 0.420 e. The number of nitrogens with one attached hydrogen (secondary N) is 1. The molecule has 0 fully saturated rings. The van der Waals surface area contributed by atoms with Gasteiger partial charge in [-0.25, -0.2) is 0 Å². The molecule has 4 aromatic rings. The van der Waals surface area contributed by atoms with Crippen LogP contribution in [0.3, 0.4) is 0 Å². The van der Waals surface area contributed by atoms with Crippen molar-refractivity contribution < 1.29 is 17.9 Å². The molecule has 1 aromatic heterocycles. The minimum atomic E-state index is -4.53. The van der Waals surface area contributed by atoms with Gasteiger partial charge in [0.15, 0.2) is 0 Å². The van der Waals surface area contributed by atoms with E-state index in [0.29, 0.717) is 11.3 Å². The number of alkyl halides is 3. The number of nitrogens with two attached hydrogens (primary N) is 1. The molecular weight excluding hydrogens is 441 g/mol. The second-order valence-electron chi connectivity index (χ2n) is 7.81. The number of aromatic nitrogens is 2. The second kappa shape index (κ2) is 8.12. The van der Waals surface area contributed by atoms with Gasteiger partial charge in [-0.05, 0) is 22.8 Å². The Morgan fingerprint density at radius 2 is 1.59 bits per heavy atom. The minimum absolute atomic E-state index is 0.0235. The first kappa shape index (κ1) is 21.3. The van der Waals surface area contributed by atoms with Crippen molar-refractivity contribution in [1.29, 1.82) is 5.26 Å². The number of allylic oxidation sites excluding steroid dienone is 1. The summed E-state index contributed by atoms with van der Waals surface area (Å²) in [5.41, 5.74) is 9.21. The maximum absolute atomic E-state index is 13.4. The van der Waals surface area contributed by atoms with Crippen LogP contribution in [0.25, 0.3) is 22.4 Å². The highest BCUT2D eigenvalue weighted by Crippen LogP contribution is 2.46. The third kappa shape index (κ3) is 3.67. The van der Waals surface area contributed by atoms with Crippen molar-refractivity contribution in [2.75, 3.05) is 0 Å². The molecule has 0 amide bonds. The number of nitriles is 1. The lowest BCUT2D eigenvalue weighted by Crippen LogP contribution is -2.21. The van der Waals surface area contributed by atoms with Crippen LogP contribution in [0, 0.1) is 11.3 Å². The molecule has 5 rings (SSSR count). The summed E-state index contributed by atoms with van der Waals surface area (Å²) in [5.74, 6) is -0.936. The summed E-state index contributed by atoms with van der Waals surface area (Å²) < 4.78 is 45.8. The third-order valence-corrected chi connectivity index (χ3v) is 5.77. The van der Waals surface area contributed by atoms with Crippen molar-refractivity contribution in [3.05, 3.63) is 107 Å². The van der Waals surface area contributed by atoms with Crippen LogP contribution in [0.15, 0.2) is 90.3 Å². The Labute approximate surface area is 192 Å². The van der Waals surface area contributed by atoms with E-state index in [-0.39, 0.29) is 22.9 Å². The Morgan fingerprint density at radius 3 is 2.26 bits per heavy atom. The SMILES string of the molecule is N#CC1=C(N)Oc2n[nH]c(-c3ccc(-c4ccccc4)cc3)c2C1c1cccc(C(F)(F)F)c1. The Bertz CT molecular complexity index is 1430. The first-order valence-electron chi connectivity index (χ1n) is 10.4. The molecule has 1 aliphatic rings. The molecule has 0 saturated carbocycles. The zero-order valence-electron chi connectivity index (χ0n) is 17.6. The number of hydrogen-bond donors (Lipinski definition) is 2. The van der Waals surface area contributed by atoms with Crippen molar-refractivity contribution in [2.24, 2.45) is 5.73 Å². The first-order chi connectivity index (χ1) is 16.4. The van der Waals surface area contributed by atoms with Gasteiger partial charge >= 0.3 is 6.18 Å². The monoisotopic (exact) mass is 458 g/mol. The number of aromatic amines is 1. The van der Waals surface area contributed by atoms with Crippen molar-refractivity contribution in [3.8, 4) is 34.3 Å². The maximum atomic E-state index is 13.4. The molecule has 1 aliphatic heterocycles. The van der Waals surface area contributed by atoms with Crippen LogP contribution in [0.1, 0.15) is 22.6 Å². The van der Waals surface area contributed by atoms with E-state index in [2.05, 4.69) is 10.2 Å². The molecule has 5 nitrogen and oxygen atoms in total. The van der Waals surface area contributed by atoms with E-state index in [1.165, 1.54) is 12.1 Å². The molecule has 168 valence electrons. The fourth-order valence-corrected chi connectivity index (χ4v) is 4.15. The Hall–Kier alpha value is -4.51. The second-order valence-corrected chi connectivity index (χ2v) is 7.81. The zero-order chi connectivity index (χ0) is 23.9. The predicted octanol–water partition coefficient (Wildman–Crippen LogP) is 5.98. The van der Waals surface area contributed by atoms with Crippen molar-refractivity contribution in [2.45, 2.75) is 12.1 Å². The number of nitrogens with zero attached hydrogens (tertiary/aromatic N) is 2. The van der Waals surface area contributed by atoms with Gasteiger partial charge in [0.1, 0.15) is 11.6 Å². The molecule has 3 aromatic carbocycles. The molecule has 1 unspecified atom stereocenters. The minimum Gasteiger partial charge on any atom is -0.420 e. The summed E-state index contributed by atoms with van der Waals surface area (Å²) in [6.07, 6.45) is -4.53. The van der Waals surface area contributed by atoms with Gasteiger partial charge in [0.2, 0.25) is 11.8 Å². The van der Waals surface area contributed by atoms with Gasteiger partial charge in [0.05, 0.1) is 22.7 Å². The van der Waals surface area contributed by atoms with Crippen LogP contribution in [-0.4, -0.2) is 10.2 Å². The van der Waals surface area contributed by atoms with Gasteiger partial charge in [-0.15, -0.1) is 5.10 Å². The number of fused-ring (bicyclic) bond motifs is 1.